The van der Waals surface area contributed by atoms with E-state index in [4.69, 9.17) is 0 Å². The molecular weight excluding hydrogens is 280 g/mol. The normalized spacial score (nSPS) is 11.4. The molecule has 0 aromatic heterocycles. The Labute approximate surface area is 79.2 Å². The molecule has 0 aromatic carbocycles. The third-order valence-electron chi connectivity index (χ3n) is 0.592. The van der Waals surface area contributed by atoms with E-state index in [1.54, 1.807) is 0 Å². The van der Waals surface area contributed by atoms with Gasteiger partial charge in [0.05, 0.1) is 0 Å². The average molecular weight is 280 g/mol. The summed E-state index contributed by atoms with van der Waals surface area (Å²) < 4.78 is 82.1. The molecule has 0 N–H and O–H groups in total. The van der Waals surface area contributed by atoms with Crippen LogP contribution < -0.4 is 0 Å². The Bertz CT molecular complexity index is 272. The number of hydrogen-bond donors (Lipinski definition) is 0. The van der Waals surface area contributed by atoms with E-state index in [-0.39, 0.29) is 0 Å². The summed E-state index contributed by atoms with van der Waals surface area (Å²) in [7, 11) is 0. The van der Waals surface area contributed by atoms with Gasteiger partial charge in [0, 0.05) is 0 Å². The second-order valence-electron chi connectivity index (χ2n) is 1.75. The average Bonchev–Trinajstić information content (AvgIpc) is 1.94. The Morgan fingerprint density at radius 1 is 0.714 bits per heavy atom. The first-order chi connectivity index (χ1) is 6.10. The van der Waals surface area contributed by atoms with E-state index in [0.717, 1.165) is 9.42 Å². The van der Waals surface area contributed by atoms with Crippen molar-refractivity contribution in [3.63, 3.8) is 0 Å². The van der Waals surface area contributed by atoms with Crippen molar-refractivity contribution in [1.29, 1.82) is 0 Å². The predicted molar refractivity (Wildman–Crippen MR) is 34.5 cm³/mol. The van der Waals surface area contributed by atoms with E-state index in [1.165, 1.54) is 0 Å². The Kier molecular flexibility index (Phi) is 4.34. The van der Waals surface area contributed by atoms with Gasteiger partial charge in [0.1, 0.15) is 0 Å². The number of alkyl halides is 6. The molecule has 0 heterocycles. The summed E-state index contributed by atoms with van der Waals surface area (Å²) in [5.74, 6) is 1.06. The summed E-state index contributed by atoms with van der Waals surface area (Å²) in [6.45, 7) is 0. The number of hydrogen-bond acceptors (Lipinski definition) is 0. The number of rotatable bonds is 0. The molecule has 0 spiro atoms. The van der Waals surface area contributed by atoms with Crippen LogP contribution in [0.15, 0.2) is 0 Å². The van der Waals surface area contributed by atoms with E-state index in [9.17, 15) is 29.8 Å². The Morgan fingerprint density at radius 2 is 1.00 bits per heavy atom. The van der Waals surface area contributed by atoms with Gasteiger partial charge >= 0.3 is 78.5 Å². The Morgan fingerprint density at radius 3 is 1.21 bits per heavy atom. The Hall–Kier alpha value is -0.812. The van der Waals surface area contributed by atoms with E-state index >= 15 is 0 Å². The van der Waals surface area contributed by atoms with Crippen LogP contribution in [0.4, 0.5) is 29.8 Å². The van der Waals surface area contributed by atoms with E-state index in [1.807, 2.05) is 0 Å². The van der Waals surface area contributed by atoms with E-state index in [2.05, 4.69) is 0 Å². The second-order valence-corrected chi connectivity index (χ2v) is 3.87. The van der Waals surface area contributed by atoms with Crippen LogP contribution in [0.25, 0.3) is 0 Å². The van der Waals surface area contributed by atoms with Crippen LogP contribution in [-0.4, -0.2) is 27.5 Å². The molecule has 0 fully saturated rings. The zero-order chi connectivity index (χ0) is 11.4. The molecule has 0 saturated heterocycles. The first-order valence-electron chi connectivity index (χ1n) is 2.75. The summed E-state index contributed by atoms with van der Waals surface area (Å²) in [5, 5.41) is 0. The van der Waals surface area contributed by atoms with Crippen molar-refractivity contribution in [1.82, 2.24) is 0 Å². The fraction of sp³-hybridized carbons (Fsp3) is 0.333. The van der Waals surface area contributed by atoms with Gasteiger partial charge in [0.15, 0.2) is 0 Å². The van der Waals surface area contributed by atoms with Crippen molar-refractivity contribution in [2.75, 3.05) is 0 Å². The topological polar surface area (TPSA) is 0 Å². The van der Waals surface area contributed by atoms with Crippen LogP contribution in [0.5, 0.6) is 0 Å². The fourth-order valence-corrected chi connectivity index (χ4v) is 1.31. The van der Waals surface area contributed by atoms with Gasteiger partial charge in [-0.25, -0.2) is 0 Å². The quantitative estimate of drug-likeness (QED) is 0.362. The molecule has 14 heavy (non-hydrogen) atoms. The zero-order valence-corrected chi connectivity index (χ0v) is 7.97. The Balaban J connectivity index is 4.42. The van der Waals surface area contributed by atoms with Crippen molar-refractivity contribution in [3.05, 3.63) is 0 Å². The molecule has 0 aromatic rings. The monoisotopic (exact) mass is 280 g/mol. The molecule has 0 nitrogen and oxygen atoms in total. The molecule has 0 radical (unpaired) electrons. The maximum atomic E-state index is 12.3. The maximum absolute atomic E-state index is 12.3. The van der Waals surface area contributed by atoms with E-state index in [0.29, 0.717) is 11.8 Å². The van der Waals surface area contributed by atoms with Gasteiger partial charge in [-0.15, -0.1) is 0 Å². The third kappa shape index (κ3) is 9.28. The molecule has 0 unspecified atom stereocenters. The van der Waals surface area contributed by atoms with Crippen molar-refractivity contribution >= 4 is 15.1 Å². The van der Waals surface area contributed by atoms with Crippen molar-refractivity contribution in [3.8, 4) is 21.3 Å². The minimum atomic E-state index is -4.90. The van der Waals surface area contributed by atoms with Crippen LogP contribution in [0.2, 0.25) is 0 Å². The van der Waals surface area contributed by atoms with Gasteiger partial charge in [0.2, 0.25) is 0 Å². The molecule has 0 saturated carbocycles. The van der Waals surface area contributed by atoms with Crippen LogP contribution in [0.1, 0.15) is 0 Å². The fourth-order valence-electron chi connectivity index (χ4n) is 0.253. The van der Waals surface area contributed by atoms with Gasteiger partial charge in [-0.2, -0.15) is 0 Å². The van der Waals surface area contributed by atoms with Gasteiger partial charge in [0.25, 0.3) is 0 Å². The second kappa shape index (κ2) is 4.61. The summed E-state index contributed by atoms with van der Waals surface area (Å²) in [6, 6.07) is 0. The molecule has 8 heteroatoms. The molecule has 0 aliphatic carbocycles. The summed E-state index contributed by atoms with van der Waals surface area (Å²) in [5.41, 5.74) is 0. The SMILES string of the molecule is F[As](C#CC(F)(F)F)C#CC(F)(F)F. The molecule has 78 valence electrons. The molecule has 0 amide bonds. The van der Waals surface area contributed by atoms with Crippen LogP contribution >= 0.6 is 0 Å². The van der Waals surface area contributed by atoms with Crippen molar-refractivity contribution in [2.45, 2.75) is 12.4 Å². The van der Waals surface area contributed by atoms with Gasteiger partial charge < -0.3 is 0 Å². The summed E-state index contributed by atoms with van der Waals surface area (Å²) in [6.07, 6.45) is -9.81. The van der Waals surface area contributed by atoms with Crippen LogP contribution in [-0.2, 0) is 0 Å². The van der Waals surface area contributed by atoms with Crippen molar-refractivity contribution < 1.29 is 29.8 Å². The predicted octanol–water partition coefficient (Wildman–Crippen LogP) is 2.16. The van der Waals surface area contributed by atoms with Crippen LogP contribution in [0, 0.1) is 21.3 Å². The first-order valence-corrected chi connectivity index (χ1v) is 5.34. The summed E-state index contributed by atoms with van der Waals surface area (Å²) in [4.78, 5) is 0. The number of halogens is 7. The van der Waals surface area contributed by atoms with Crippen molar-refractivity contribution in [2.24, 2.45) is 0 Å². The summed E-state index contributed by atoms with van der Waals surface area (Å²) >= 11 is -4.13. The van der Waals surface area contributed by atoms with Crippen LogP contribution in [0.3, 0.4) is 0 Å². The van der Waals surface area contributed by atoms with Gasteiger partial charge in [-0.3, -0.25) is 0 Å². The molecule has 0 atom stereocenters. The van der Waals surface area contributed by atoms with Gasteiger partial charge in [-0.05, 0) is 0 Å². The standard InChI is InChI=1S/C6AsF7/c8-5(9,10)1-3-7(14)4-2-6(11,12)13. The third-order valence-corrected chi connectivity index (χ3v) is 1.88. The zero-order valence-electron chi connectivity index (χ0n) is 6.09. The molecule has 0 aliphatic heterocycles. The molecule has 0 bridgehead atoms. The van der Waals surface area contributed by atoms with E-state index < -0.39 is 27.5 Å². The molecule has 0 aliphatic rings. The van der Waals surface area contributed by atoms with Gasteiger partial charge in [-0.1, -0.05) is 0 Å². The minimum absolute atomic E-state index is 0.528. The molecular formula is C6AsF7. The first kappa shape index (κ1) is 13.2. The molecule has 0 rings (SSSR count).